The van der Waals surface area contributed by atoms with Gasteiger partial charge in [0.05, 0.1) is 12.2 Å². The van der Waals surface area contributed by atoms with Crippen molar-refractivity contribution in [2.45, 2.75) is 31.9 Å². The van der Waals surface area contributed by atoms with Gasteiger partial charge in [0.25, 0.3) is 0 Å². The number of thioether (sulfide) groups is 1. The molecule has 0 bridgehead atoms. The third-order valence-electron chi connectivity index (χ3n) is 3.83. The van der Waals surface area contributed by atoms with Crippen molar-refractivity contribution in [1.29, 1.82) is 0 Å². The van der Waals surface area contributed by atoms with Crippen molar-refractivity contribution in [2.24, 2.45) is 4.99 Å². The standard InChI is InChI=1S/C19H27FN4OS.HI/c1-5-21-18(23-13-19(2,3)26-4)22-11-10-16-12-25-17(24-16)14-6-8-15(20)9-7-14;/h6-9,12H,5,10-11,13H2,1-4H3,(H2,21,22,23);1H. The van der Waals surface area contributed by atoms with Gasteiger partial charge in [0, 0.05) is 29.8 Å². The van der Waals surface area contributed by atoms with Crippen LogP contribution in [0.4, 0.5) is 4.39 Å². The van der Waals surface area contributed by atoms with E-state index in [-0.39, 0.29) is 34.5 Å². The molecule has 0 aliphatic carbocycles. The molecule has 0 radical (unpaired) electrons. The fourth-order valence-corrected chi connectivity index (χ4v) is 2.33. The zero-order valence-electron chi connectivity index (χ0n) is 16.2. The van der Waals surface area contributed by atoms with E-state index in [1.807, 2.05) is 6.92 Å². The Morgan fingerprint density at radius 2 is 1.96 bits per heavy atom. The number of hydrogen-bond acceptors (Lipinski definition) is 4. The average molecular weight is 506 g/mol. The maximum atomic E-state index is 13.0. The fourth-order valence-electron chi connectivity index (χ4n) is 2.13. The normalized spacial score (nSPS) is 11.8. The second kappa shape index (κ2) is 11.5. The molecule has 0 unspecified atom stereocenters. The first-order valence-corrected chi connectivity index (χ1v) is 9.93. The van der Waals surface area contributed by atoms with Crippen molar-refractivity contribution in [3.05, 3.63) is 42.0 Å². The molecule has 27 heavy (non-hydrogen) atoms. The maximum Gasteiger partial charge on any atom is 0.226 e. The highest BCUT2D eigenvalue weighted by Crippen LogP contribution is 2.21. The molecule has 0 saturated heterocycles. The molecule has 5 nitrogen and oxygen atoms in total. The van der Waals surface area contributed by atoms with E-state index in [2.05, 4.69) is 40.7 Å². The van der Waals surface area contributed by atoms with Crippen LogP contribution in [0.25, 0.3) is 11.5 Å². The highest BCUT2D eigenvalue weighted by atomic mass is 127. The van der Waals surface area contributed by atoms with Crippen LogP contribution in [0.3, 0.4) is 0 Å². The van der Waals surface area contributed by atoms with Gasteiger partial charge in [0.2, 0.25) is 5.89 Å². The van der Waals surface area contributed by atoms with Crippen LogP contribution in [-0.4, -0.2) is 41.6 Å². The van der Waals surface area contributed by atoms with Gasteiger partial charge in [-0.25, -0.2) is 9.37 Å². The summed E-state index contributed by atoms with van der Waals surface area (Å²) in [5.74, 6) is 1.03. The van der Waals surface area contributed by atoms with E-state index in [0.717, 1.165) is 30.3 Å². The number of rotatable bonds is 8. The molecule has 1 heterocycles. The molecule has 0 amide bonds. The number of aromatic nitrogens is 1. The Kier molecular flexibility index (Phi) is 10.1. The van der Waals surface area contributed by atoms with Crippen LogP contribution >= 0.6 is 35.7 Å². The quantitative estimate of drug-likeness (QED) is 0.317. The van der Waals surface area contributed by atoms with E-state index in [9.17, 15) is 4.39 Å². The molecule has 2 N–H and O–H groups in total. The monoisotopic (exact) mass is 506 g/mol. The number of halogens is 2. The molecule has 2 rings (SSSR count). The molecule has 0 atom stereocenters. The topological polar surface area (TPSA) is 62.5 Å². The average Bonchev–Trinajstić information content (AvgIpc) is 3.09. The zero-order valence-corrected chi connectivity index (χ0v) is 19.4. The van der Waals surface area contributed by atoms with Crippen LogP contribution in [0.2, 0.25) is 0 Å². The lowest BCUT2D eigenvalue weighted by atomic mass is 10.2. The molecule has 0 aliphatic rings. The van der Waals surface area contributed by atoms with E-state index < -0.39 is 0 Å². The number of benzene rings is 1. The van der Waals surface area contributed by atoms with Gasteiger partial charge < -0.3 is 15.1 Å². The van der Waals surface area contributed by atoms with Gasteiger partial charge in [-0.05, 0) is 51.3 Å². The molecular weight excluding hydrogens is 478 g/mol. The lowest BCUT2D eigenvalue weighted by Gasteiger charge is -2.20. The minimum Gasteiger partial charge on any atom is -0.444 e. The lowest BCUT2D eigenvalue weighted by Crippen LogP contribution is -2.39. The maximum absolute atomic E-state index is 13.0. The molecule has 8 heteroatoms. The third-order valence-corrected chi connectivity index (χ3v) is 5.07. The smallest absolute Gasteiger partial charge is 0.226 e. The molecule has 1 aromatic heterocycles. The van der Waals surface area contributed by atoms with Gasteiger partial charge >= 0.3 is 0 Å². The molecule has 2 aromatic rings. The summed E-state index contributed by atoms with van der Waals surface area (Å²) in [5, 5.41) is 6.57. The predicted octanol–water partition coefficient (Wildman–Crippen LogP) is 4.34. The first-order valence-electron chi connectivity index (χ1n) is 8.71. The summed E-state index contributed by atoms with van der Waals surface area (Å²) in [5.41, 5.74) is 1.61. The highest BCUT2D eigenvalue weighted by Gasteiger charge is 2.15. The summed E-state index contributed by atoms with van der Waals surface area (Å²) in [6, 6.07) is 6.12. The summed E-state index contributed by atoms with van der Waals surface area (Å²) in [6.45, 7) is 8.64. The summed E-state index contributed by atoms with van der Waals surface area (Å²) < 4.78 is 18.6. The fraction of sp³-hybridized carbons (Fsp3) is 0.474. The molecular formula is C19H28FIN4OS. The van der Waals surface area contributed by atoms with Gasteiger partial charge in [-0.15, -0.1) is 24.0 Å². The van der Waals surface area contributed by atoms with Gasteiger partial charge in [0.15, 0.2) is 5.96 Å². The van der Waals surface area contributed by atoms with Gasteiger partial charge in [-0.1, -0.05) is 0 Å². The summed E-state index contributed by atoms with van der Waals surface area (Å²) >= 11 is 1.80. The van der Waals surface area contributed by atoms with E-state index in [0.29, 0.717) is 18.9 Å². The predicted molar refractivity (Wildman–Crippen MR) is 123 cm³/mol. The Morgan fingerprint density at radius 3 is 2.59 bits per heavy atom. The van der Waals surface area contributed by atoms with Crippen molar-refractivity contribution in [2.75, 3.05) is 25.9 Å². The van der Waals surface area contributed by atoms with Crippen LogP contribution in [0.1, 0.15) is 26.5 Å². The summed E-state index contributed by atoms with van der Waals surface area (Å²) in [6.07, 6.45) is 4.45. The van der Waals surface area contributed by atoms with Crippen molar-refractivity contribution in [1.82, 2.24) is 15.6 Å². The van der Waals surface area contributed by atoms with Crippen molar-refractivity contribution >= 4 is 41.7 Å². The first-order chi connectivity index (χ1) is 12.4. The minimum absolute atomic E-state index is 0. The number of aliphatic imine (C=N–C) groups is 1. The Morgan fingerprint density at radius 1 is 1.26 bits per heavy atom. The van der Waals surface area contributed by atoms with Crippen LogP contribution in [-0.2, 0) is 6.42 Å². The largest absolute Gasteiger partial charge is 0.444 e. The number of nitrogens with one attached hydrogen (secondary N) is 2. The second-order valence-corrected chi connectivity index (χ2v) is 8.00. The molecule has 1 aromatic carbocycles. The lowest BCUT2D eigenvalue weighted by molar-refractivity contribution is 0.571. The van der Waals surface area contributed by atoms with Gasteiger partial charge in [0.1, 0.15) is 12.1 Å². The zero-order chi connectivity index (χ0) is 19.0. The van der Waals surface area contributed by atoms with Crippen LogP contribution in [0.15, 0.2) is 39.9 Å². The molecule has 0 fully saturated rings. The van der Waals surface area contributed by atoms with E-state index in [1.54, 1.807) is 30.2 Å². The van der Waals surface area contributed by atoms with Crippen molar-refractivity contribution < 1.29 is 8.81 Å². The molecule has 0 saturated carbocycles. The Hall–Kier alpha value is -1.29. The van der Waals surface area contributed by atoms with E-state index in [1.165, 1.54) is 12.1 Å². The van der Waals surface area contributed by atoms with Crippen LogP contribution < -0.4 is 10.6 Å². The van der Waals surface area contributed by atoms with Crippen molar-refractivity contribution in [3.63, 3.8) is 0 Å². The number of oxazole rings is 1. The number of nitrogens with zero attached hydrogens (tertiary/aromatic N) is 2. The summed E-state index contributed by atoms with van der Waals surface area (Å²) in [4.78, 5) is 9.10. The number of guanidine groups is 1. The summed E-state index contributed by atoms with van der Waals surface area (Å²) in [7, 11) is 0. The molecule has 150 valence electrons. The highest BCUT2D eigenvalue weighted by molar-refractivity contribution is 14.0. The third kappa shape index (κ3) is 8.08. The van der Waals surface area contributed by atoms with Gasteiger partial charge in [-0.3, -0.25) is 4.99 Å². The number of hydrogen-bond donors (Lipinski definition) is 2. The molecule has 0 aliphatic heterocycles. The van der Waals surface area contributed by atoms with E-state index >= 15 is 0 Å². The Bertz CT molecular complexity index is 719. The van der Waals surface area contributed by atoms with Gasteiger partial charge in [-0.2, -0.15) is 11.8 Å². The van der Waals surface area contributed by atoms with E-state index in [4.69, 9.17) is 4.42 Å². The first kappa shape index (κ1) is 23.7. The Labute approximate surface area is 182 Å². The second-order valence-electron chi connectivity index (χ2n) is 6.49. The SMILES string of the molecule is CCNC(=NCC(C)(C)SC)NCCc1coc(-c2ccc(F)cc2)n1.I. The Balaban J connectivity index is 0.00000364. The van der Waals surface area contributed by atoms with Crippen LogP contribution in [0.5, 0.6) is 0 Å². The van der Waals surface area contributed by atoms with Crippen molar-refractivity contribution in [3.8, 4) is 11.5 Å². The van der Waals surface area contributed by atoms with Crippen LogP contribution in [0, 0.1) is 5.82 Å². The minimum atomic E-state index is -0.273. The molecule has 0 spiro atoms.